The van der Waals surface area contributed by atoms with Crippen LogP contribution in [0, 0.1) is 5.92 Å². The van der Waals surface area contributed by atoms with Gasteiger partial charge in [0.15, 0.2) is 0 Å². The summed E-state index contributed by atoms with van der Waals surface area (Å²) >= 11 is 3.93. The van der Waals surface area contributed by atoms with E-state index in [1.54, 1.807) is 13.8 Å². The molecule has 13 nitrogen and oxygen atoms in total. The highest BCUT2D eigenvalue weighted by molar-refractivity contribution is 7.80. The van der Waals surface area contributed by atoms with Gasteiger partial charge in [0.1, 0.15) is 18.1 Å². The maximum absolute atomic E-state index is 12.9. The van der Waals surface area contributed by atoms with Crippen molar-refractivity contribution in [2.45, 2.75) is 70.1 Å². The van der Waals surface area contributed by atoms with Crippen LogP contribution in [0.25, 0.3) is 0 Å². The summed E-state index contributed by atoms with van der Waals surface area (Å²) in [5.41, 5.74) is 5.62. The average Bonchev–Trinajstić information content (AvgIpc) is 2.75. The molecule has 14 heteroatoms. The Morgan fingerprint density at radius 2 is 1.30 bits per heavy atom. The summed E-state index contributed by atoms with van der Waals surface area (Å²) in [5.74, 6) is -6.79. The number of rotatable bonds is 16. The first kappa shape index (κ1) is 30.1. The second-order valence-corrected chi connectivity index (χ2v) is 7.85. The van der Waals surface area contributed by atoms with Crippen molar-refractivity contribution in [3.05, 3.63) is 0 Å². The standard InChI is InChI=1S/C19H32N4O9S/c1-3-9(2)15(23-16(28)10(20)8-33)18(30)21-11(4-6-13(24)25)17(29)22-12(19(31)32)5-7-14(26)27/h9-12,15,33H,3-8,20H2,1-2H3,(H,21,30)(H,22,29)(H,23,28)(H,24,25)(H,26,27)(H,31,32). The zero-order valence-corrected chi connectivity index (χ0v) is 19.3. The Labute approximate surface area is 196 Å². The van der Waals surface area contributed by atoms with Crippen molar-refractivity contribution in [1.29, 1.82) is 0 Å². The van der Waals surface area contributed by atoms with Gasteiger partial charge in [-0.1, -0.05) is 20.3 Å². The van der Waals surface area contributed by atoms with Gasteiger partial charge < -0.3 is 37.0 Å². The summed E-state index contributed by atoms with van der Waals surface area (Å²) in [4.78, 5) is 70.7. The van der Waals surface area contributed by atoms with Crippen molar-refractivity contribution in [2.75, 3.05) is 5.75 Å². The number of hydrogen-bond donors (Lipinski definition) is 8. The molecule has 0 aliphatic rings. The topological polar surface area (TPSA) is 225 Å². The molecule has 0 fully saturated rings. The first-order valence-electron chi connectivity index (χ1n) is 10.3. The number of nitrogens with two attached hydrogens (primary N) is 1. The average molecular weight is 493 g/mol. The van der Waals surface area contributed by atoms with Crippen LogP contribution < -0.4 is 21.7 Å². The van der Waals surface area contributed by atoms with Crippen molar-refractivity contribution >= 4 is 48.3 Å². The molecule has 0 rings (SSSR count). The van der Waals surface area contributed by atoms with Crippen LogP contribution in [-0.2, 0) is 28.8 Å². The lowest BCUT2D eigenvalue weighted by atomic mass is 9.97. The zero-order valence-electron chi connectivity index (χ0n) is 18.4. The van der Waals surface area contributed by atoms with E-state index in [0.29, 0.717) is 6.42 Å². The van der Waals surface area contributed by atoms with Crippen molar-refractivity contribution in [2.24, 2.45) is 11.7 Å². The number of carboxylic acid groups (broad SMARTS) is 3. The molecule has 0 radical (unpaired) electrons. The minimum absolute atomic E-state index is 0.0250. The minimum atomic E-state index is -1.56. The Hall–Kier alpha value is -2.87. The minimum Gasteiger partial charge on any atom is -0.481 e. The maximum Gasteiger partial charge on any atom is 0.326 e. The molecule has 0 saturated carbocycles. The lowest BCUT2D eigenvalue weighted by Gasteiger charge is -2.27. The van der Waals surface area contributed by atoms with Gasteiger partial charge >= 0.3 is 17.9 Å². The third-order valence-electron chi connectivity index (χ3n) is 4.87. The van der Waals surface area contributed by atoms with Gasteiger partial charge in [-0.15, -0.1) is 0 Å². The highest BCUT2D eigenvalue weighted by atomic mass is 32.1. The van der Waals surface area contributed by atoms with E-state index in [2.05, 4.69) is 28.6 Å². The van der Waals surface area contributed by atoms with Gasteiger partial charge in [0.05, 0.1) is 6.04 Å². The first-order chi connectivity index (χ1) is 15.3. The Balaban J connectivity index is 5.59. The van der Waals surface area contributed by atoms with Crippen LogP contribution in [0.4, 0.5) is 0 Å². The third-order valence-corrected chi connectivity index (χ3v) is 5.26. The molecule has 0 spiro atoms. The van der Waals surface area contributed by atoms with Gasteiger partial charge in [0, 0.05) is 18.6 Å². The Kier molecular flexibility index (Phi) is 13.7. The van der Waals surface area contributed by atoms with E-state index >= 15 is 0 Å². The quantitative estimate of drug-likeness (QED) is 0.117. The van der Waals surface area contributed by atoms with E-state index in [9.17, 15) is 33.9 Å². The van der Waals surface area contributed by atoms with Crippen LogP contribution in [0.3, 0.4) is 0 Å². The lowest BCUT2D eigenvalue weighted by Crippen LogP contribution is -2.58. The molecule has 0 aromatic carbocycles. The fourth-order valence-electron chi connectivity index (χ4n) is 2.64. The van der Waals surface area contributed by atoms with Crippen LogP contribution >= 0.6 is 12.6 Å². The molecule has 5 atom stereocenters. The van der Waals surface area contributed by atoms with E-state index in [-0.39, 0.29) is 18.1 Å². The van der Waals surface area contributed by atoms with Gasteiger partial charge in [0.2, 0.25) is 17.7 Å². The summed E-state index contributed by atoms with van der Waals surface area (Å²) in [7, 11) is 0. The molecule has 0 aliphatic carbocycles. The number of carbonyl (C=O) groups is 6. The second kappa shape index (κ2) is 15.1. The number of aliphatic carboxylic acids is 3. The van der Waals surface area contributed by atoms with E-state index in [4.69, 9.17) is 15.9 Å². The summed E-state index contributed by atoms with van der Waals surface area (Å²) in [6, 6.07) is -5.08. The first-order valence-corrected chi connectivity index (χ1v) is 10.9. The summed E-state index contributed by atoms with van der Waals surface area (Å²) in [6.07, 6.45) is -1.36. The predicted octanol–water partition coefficient (Wildman–Crippen LogP) is -1.44. The SMILES string of the molecule is CCC(C)C(NC(=O)C(N)CS)C(=O)NC(CCC(=O)O)C(=O)NC(CCC(=O)O)C(=O)O. The van der Waals surface area contributed by atoms with Crippen molar-refractivity contribution in [3.8, 4) is 0 Å². The summed E-state index contributed by atoms with van der Waals surface area (Å²) in [6.45, 7) is 3.44. The molecule has 5 unspecified atom stereocenters. The van der Waals surface area contributed by atoms with E-state index in [1.807, 2.05) is 0 Å². The lowest BCUT2D eigenvalue weighted by molar-refractivity contribution is -0.144. The molecule has 0 saturated heterocycles. The molecule has 188 valence electrons. The molecule has 0 aromatic rings. The number of nitrogens with one attached hydrogen (secondary N) is 3. The third kappa shape index (κ3) is 11.5. The summed E-state index contributed by atoms with van der Waals surface area (Å²) in [5, 5.41) is 33.9. The maximum atomic E-state index is 12.9. The Morgan fingerprint density at radius 3 is 1.73 bits per heavy atom. The van der Waals surface area contributed by atoms with Crippen LogP contribution in [-0.4, -0.2) is 80.9 Å². The monoisotopic (exact) mass is 492 g/mol. The van der Waals surface area contributed by atoms with Crippen LogP contribution in [0.2, 0.25) is 0 Å². The predicted molar refractivity (Wildman–Crippen MR) is 118 cm³/mol. The van der Waals surface area contributed by atoms with Gasteiger partial charge in [-0.25, -0.2) is 4.79 Å². The molecular formula is C19H32N4O9S. The fraction of sp³-hybridized carbons (Fsp3) is 0.684. The molecule has 0 heterocycles. The number of carboxylic acids is 3. The van der Waals surface area contributed by atoms with Gasteiger partial charge in [-0.05, 0) is 18.8 Å². The molecule has 3 amide bonds. The second-order valence-electron chi connectivity index (χ2n) is 7.49. The molecular weight excluding hydrogens is 460 g/mol. The Morgan fingerprint density at radius 1 is 0.818 bits per heavy atom. The van der Waals surface area contributed by atoms with E-state index in [0.717, 1.165) is 0 Å². The van der Waals surface area contributed by atoms with E-state index in [1.165, 1.54) is 0 Å². The molecule has 0 bridgehead atoms. The molecule has 33 heavy (non-hydrogen) atoms. The van der Waals surface area contributed by atoms with E-state index < -0.39 is 79.1 Å². The molecule has 8 N–H and O–H groups in total. The van der Waals surface area contributed by atoms with Crippen LogP contribution in [0.1, 0.15) is 46.0 Å². The van der Waals surface area contributed by atoms with Gasteiger partial charge in [-0.3, -0.25) is 24.0 Å². The van der Waals surface area contributed by atoms with Crippen LogP contribution in [0.15, 0.2) is 0 Å². The smallest absolute Gasteiger partial charge is 0.326 e. The number of carbonyl (C=O) groups excluding carboxylic acids is 3. The number of thiol groups is 1. The van der Waals surface area contributed by atoms with Crippen molar-refractivity contribution in [1.82, 2.24) is 16.0 Å². The highest BCUT2D eigenvalue weighted by Gasteiger charge is 2.32. The molecule has 0 aliphatic heterocycles. The van der Waals surface area contributed by atoms with Crippen molar-refractivity contribution in [3.63, 3.8) is 0 Å². The largest absolute Gasteiger partial charge is 0.481 e. The molecule has 0 aromatic heterocycles. The van der Waals surface area contributed by atoms with Gasteiger partial charge in [0.25, 0.3) is 0 Å². The fourth-order valence-corrected chi connectivity index (χ4v) is 2.81. The van der Waals surface area contributed by atoms with Gasteiger partial charge in [-0.2, -0.15) is 12.6 Å². The Bertz CT molecular complexity index is 734. The normalized spacial score (nSPS) is 15.3. The summed E-state index contributed by atoms with van der Waals surface area (Å²) < 4.78 is 0. The number of hydrogen-bond acceptors (Lipinski definition) is 8. The zero-order chi connectivity index (χ0) is 25.7. The highest BCUT2D eigenvalue weighted by Crippen LogP contribution is 2.10. The van der Waals surface area contributed by atoms with Crippen LogP contribution in [0.5, 0.6) is 0 Å². The number of amides is 3. The van der Waals surface area contributed by atoms with Crippen molar-refractivity contribution < 1.29 is 44.1 Å².